The maximum absolute atomic E-state index is 13.2. The molecular formula is C11H14FNOS. The van der Waals surface area contributed by atoms with Crippen molar-refractivity contribution in [2.24, 2.45) is 0 Å². The van der Waals surface area contributed by atoms with Gasteiger partial charge in [0.25, 0.3) is 5.91 Å². The third kappa shape index (κ3) is 3.55. The molecule has 4 heteroatoms. The summed E-state index contributed by atoms with van der Waals surface area (Å²) in [6.07, 6.45) is 1.96. The summed E-state index contributed by atoms with van der Waals surface area (Å²) >= 11 is 1.64. The van der Waals surface area contributed by atoms with E-state index in [9.17, 15) is 9.18 Å². The minimum absolute atomic E-state index is 0.0482. The Bertz CT molecular complexity index is 343. The Morgan fingerprint density at radius 2 is 2.20 bits per heavy atom. The van der Waals surface area contributed by atoms with Crippen LogP contribution in [0.2, 0.25) is 0 Å². The molecule has 0 aliphatic carbocycles. The summed E-state index contributed by atoms with van der Waals surface area (Å²) in [5.74, 6) is -0.0128. The van der Waals surface area contributed by atoms with Gasteiger partial charge < -0.3 is 5.32 Å². The Kier molecular flexibility index (Phi) is 4.62. The first kappa shape index (κ1) is 12.0. The highest BCUT2D eigenvalue weighted by molar-refractivity contribution is 7.98. The molecule has 0 aliphatic rings. The predicted octanol–water partition coefficient (Wildman–Crippen LogP) is 2.31. The van der Waals surface area contributed by atoms with E-state index in [0.29, 0.717) is 0 Å². The number of benzene rings is 1. The molecule has 1 atom stereocenters. The SMILES string of the molecule is CSCC(C)NC(=O)c1ccccc1F. The van der Waals surface area contributed by atoms with Crippen molar-refractivity contribution in [3.05, 3.63) is 35.6 Å². The third-order valence-electron chi connectivity index (χ3n) is 1.91. The van der Waals surface area contributed by atoms with Crippen LogP contribution in [-0.2, 0) is 0 Å². The molecule has 0 saturated heterocycles. The lowest BCUT2D eigenvalue weighted by molar-refractivity contribution is 0.0939. The largest absolute Gasteiger partial charge is 0.349 e. The zero-order valence-corrected chi connectivity index (χ0v) is 9.60. The summed E-state index contributed by atoms with van der Waals surface area (Å²) in [6, 6.07) is 6.03. The molecule has 0 bridgehead atoms. The van der Waals surface area contributed by atoms with Gasteiger partial charge in [-0.1, -0.05) is 12.1 Å². The van der Waals surface area contributed by atoms with Crippen LogP contribution in [0.4, 0.5) is 4.39 Å². The summed E-state index contributed by atoms with van der Waals surface area (Å²) in [5.41, 5.74) is 0.102. The van der Waals surface area contributed by atoms with Crippen LogP contribution in [0, 0.1) is 5.82 Å². The van der Waals surface area contributed by atoms with Crippen molar-refractivity contribution in [3.8, 4) is 0 Å². The molecule has 0 spiro atoms. The molecule has 1 N–H and O–H groups in total. The predicted molar refractivity (Wildman–Crippen MR) is 61.7 cm³/mol. The van der Waals surface area contributed by atoms with Gasteiger partial charge in [-0.05, 0) is 25.3 Å². The van der Waals surface area contributed by atoms with E-state index >= 15 is 0 Å². The maximum atomic E-state index is 13.2. The van der Waals surface area contributed by atoms with Gasteiger partial charge >= 0.3 is 0 Å². The van der Waals surface area contributed by atoms with E-state index in [-0.39, 0.29) is 17.5 Å². The second-order valence-electron chi connectivity index (χ2n) is 3.31. The van der Waals surface area contributed by atoms with Crippen molar-refractivity contribution in [3.63, 3.8) is 0 Å². The molecule has 1 aromatic rings. The van der Waals surface area contributed by atoms with Crippen molar-refractivity contribution in [2.45, 2.75) is 13.0 Å². The Morgan fingerprint density at radius 3 is 2.80 bits per heavy atom. The molecule has 0 aliphatic heterocycles. The highest BCUT2D eigenvalue weighted by Crippen LogP contribution is 2.06. The average molecular weight is 227 g/mol. The number of carbonyl (C=O) groups excluding carboxylic acids is 1. The van der Waals surface area contributed by atoms with Crippen molar-refractivity contribution in [1.29, 1.82) is 0 Å². The number of hydrogen-bond acceptors (Lipinski definition) is 2. The summed E-state index contributed by atoms with van der Waals surface area (Å²) in [7, 11) is 0. The molecule has 0 radical (unpaired) electrons. The number of thioether (sulfide) groups is 1. The molecule has 82 valence electrons. The first-order valence-electron chi connectivity index (χ1n) is 4.69. The molecule has 15 heavy (non-hydrogen) atoms. The van der Waals surface area contributed by atoms with Gasteiger partial charge in [0.05, 0.1) is 5.56 Å². The fourth-order valence-electron chi connectivity index (χ4n) is 1.24. The number of hydrogen-bond donors (Lipinski definition) is 1. The van der Waals surface area contributed by atoms with Crippen LogP contribution in [0.25, 0.3) is 0 Å². The fourth-order valence-corrected chi connectivity index (χ4v) is 1.82. The van der Waals surface area contributed by atoms with Crippen LogP contribution in [0.5, 0.6) is 0 Å². The smallest absolute Gasteiger partial charge is 0.254 e. The topological polar surface area (TPSA) is 29.1 Å². The van der Waals surface area contributed by atoms with Crippen molar-refractivity contribution in [1.82, 2.24) is 5.32 Å². The molecule has 1 aromatic carbocycles. The minimum atomic E-state index is -0.480. The summed E-state index contributed by atoms with van der Waals surface area (Å²) in [6.45, 7) is 1.90. The number of carbonyl (C=O) groups is 1. The average Bonchev–Trinajstić information content (AvgIpc) is 2.18. The third-order valence-corrected chi connectivity index (χ3v) is 2.75. The maximum Gasteiger partial charge on any atom is 0.254 e. The first-order chi connectivity index (χ1) is 7.15. The van der Waals surface area contributed by atoms with Gasteiger partial charge in [0.15, 0.2) is 0 Å². The lowest BCUT2D eigenvalue weighted by Crippen LogP contribution is -2.34. The van der Waals surface area contributed by atoms with Crippen LogP contribution >= 0.6 is 11.8 Å². The standard InChI is InChI=1S/C11H14FNOS/c1-8(7-15-2)13-11(14)9-5-3-4-6-10(9)12/h3-6,8H,7H2,1-2H3,(H,13,14). The zero-order chi connectivity index (χ0) is 11.3. The molecule has 0 fully saturated rings. The Hall–Kier alpha value is -1.03. The number of halogens is 1. The second-order valence-corrected chi connectivity index (χ2v) is 4.22. The van der Waals surface area contributed by atoms with Crippen LogP contribution in [0.1, 0.15) is 17.3 Å². The minimum Gasteiger partial charge on any atom is -0.349 e. The van der Waals surface area contributed by atoms with Gasteiger partial charge in [-0.3, -0.25) is 4.79 Å². The molecule has 0 saturated carbocycles. The number of nitrogens with one attached hydrogen (secondary N) is 1. The van der Waals surface area contributed by atoms with E-state index in [0.717, 1.165) is 5.75 Å². The fraction of sp³-hybridized carbons (Fsp3) is 0.364. The zero-order valence-electron chi connectivity index (χ0n) is 8.79. The van der Waals surface area contributed by atoms with Crippen molar-refractivity contribution < 1.29 is 9.18 Å². The molecule has 1 unspecified atom stereocenters. The van der Waals surface area contributed by atoms with Gasteiger partial charge in [0.1, 0.15) is 5.82 Å². The summed E-state index contributed by atoms with van der Waals surface area (Å²) in [4.78, 5) is 11.6. The van der Waals surface area contributed by atoms with Crippen LogP contribution < -0.4 is 5.32 Å². The number of amides is 1. The van der Waals surface area contributed by atoms with E-state index in [1.54, 1.807) is 23.9 Å². The van der Waals surface area contributed by atoms with Gasteiger partial charge in [0, 0.05) is 11.8 Å². The normalized spacial score (nSPS) is 12.2. The Labute approximate surface area is 93.3 Å². The van der Waals surface area contributed by atoms with Crippen LogP contribution in [-0.4, -0.2) is 24.0 Å². The monoisotopic (exact) mass is 227 g/mol. The molecular weight excluding hydrogens is 213 g/mol. The second kappa shape index (κ2) is 5.75. The van der Waals surface area contributed by atoms with Gasteiger partial charge in [-0.15, -0.1) is 0 Å². The van der Waals surface area contributed by atoms with Gasteiger partial charge in [-0.25, -0.2) is 4.39 Å². The van der Waals surface area contributed by atoms with E-state index in [1.807, 2.05) is 13.2 Å². The molecule has 0 aromatic heterocycles. The molecule has 0 heterocycles. The van der Waals surface area contributed by atoms with Gasteiger partial charge in [-0.2, -0.15) is 11.8 Å². The molecule has 1 amide bonds. The van der Waals surface area contributed by atoms with Crippen molar-refractivity contribution >= 4 is 17.7 Å². The van der Waals surface area contributed by atoms with E-state index in [4.69, 9.17) is 0 Å². The Morgan fingerprint density at radius 1 is 1.53 bits per heavy atom. The molecule has 2 nitrogen and oxygen atoms in total. The van der Waals surface area contributed by atoms with E-state index in [1.165, 1.54) is 12.1 Å². The lowest BCUT2D eigenvalue weighted by atomic mass is 10.2. The highest BCUT2D eigenvalue weighted by atomic mass is 32.2. The molecule has 1 rings (SSSR count). The van der Waals surface area contributed by atoms with Crippen LogP contribution in [0.15, 0.2) is 24.3 Å². The summed E-state index contributed by atoms with van der Waals surface area (Å²) in [5, 5.41) is 2.74. The van der Waals surface area contributed by atoms with E-state index < -0.39 is 5.82 Å². The first-order valence-corrected chi connectivity index (χ1v) is 6.09. The highest BCUT2D eigenvalue weighted by Gasteiger charge is 2.12. The Balaban J connectivity index is 2.65. The quantitative estimate of drug-likeness (QED) is 0.855. The van der Waals surface area contributed by atoms with Crippen LogP contribution in [0.3, 0.4) is 0 Å². The van der Waals surface area contributed by atoms with E-state index in [2.05, 4.69) is 5.32 Å². The van der Waals surface area contributed by atoms with Crippen molar-refractivity contribution in [2.75, 3.05) is 12.0 Å². The lowest BCUT2D eigenvalue weighted by Gasteiger charge is -2.12. The van der Waals surface area contributed by atoms with Gasteiger partial charge in [0.2, 0.25) is 0 Å². The number of rotatable bonds is 4. The summed E-state index contributed by atoms with van der Waals surface area (Å²) < 4.78 is 13.2.